The molecule has 23 heavy (non-hydrogen) atoms. The number of nitrogens with zero attached hydrogens (tertiary/aromatic N) is 2. The molecule has 1 aliphatic heterocycles. The molecule has 5 heteroatoms. The first-order valence-corrected chi connectivity index (χ1v) is 8.74. The molecule has 2 aliphatic carbocycles. The predicted octanol–water partition coefficient (Wildman–Crippen LogP) is 4.03. The summed E-state index contributed by atoms with van der Waals surface area (Å²) < 4.78 is 5.68. The van der Waals surface area contributed by atoms with Crippen molar-refractivity contribution < 1.29 is 9.53 Å². The zero-order valence-corrected chi connectivity index (χ0v) is 14.2. The molecule has 0 radical (unpaired) electrons. The molecule has 0 N–H and O–H groups in total. The lowest BCUT2D eigenvalue weighted by Crippen LogP contribution is -2.53. The fourth-order valence-corrected chi connectivity index (χ4v) is 5.12. The minimum absolute atomic E-state index is 0.0153. The van der Waals surface area contributed by atoms with E-state index < -0.39 is 0 Å². The van der Waals surface area contributed by atoms with Gasteiger partial charge in [-0.1, -0.05) is 44.2 Å². The lowest BCUT2D eigenvalue weighted by atomic mass is 9.75. The largest absolute Gasteiger partial charge is 0.442 e. The van der Waals surface area contributed by atoms with E-state index in [4.69, 9.17) is 21.4 Å². The van der Waals surface area contributed by atoms with Gasteiger partial charge in [-0.3, -0.25) is 0 Å². The molecule has 1 amide bonds. The third-order valence-corrected chi connectivity index (χ3v) is 6.54. The van der Waals surface area contributed by atoms with Crippen LogP contribution in [0.5, 0.6) is 0 Å². The Bertz CT molecular complexity index is 673. The minimum atomic E-state index is -0.332. The second-order valence-corrected chi connectivity index (χ2v) is 7.62. The molecular weight excluding hydrogens is 312 g/mol. The van der Waals surface area contributed by atoms with E-state index in [-0.39, 0.29) is 29.0 Å². The highest BCUT2D eigenvalue weighted by molar-refractivity contribution is 6.31. The predicted molar refractivity (Wildman–Crippen MR) is 89.7 cm³/mol. The summed E-state index contributed by atoms with van der Waals surface area (Å²) in [5.74, 6) is 0.854. The van der Waals surface area contributed by atoms with Crippen LogP contribution < -0.4 is 0 Å². The van der Waals surface area contributed by atoms with E-state index in [0.29, 0.717) is 11.6 Å². The van der Waals surface area contributed by atoms with Gasteiger partial charge in [0, 0.05) is 0 Å². The van der Waals surface area contributed by atoms with Crippen molar-refractivity contribution in [2.24, 2.45) is 16.4 Å². The number of rotatable bonds is 3. The van der Waals surface area contributed by atoms with E-state index in [1.165, 1.54) is 0 Å². The van der Waals surface area contributed by atoms with Gasteiger partial charge in [0.1, 0.15) is 11.6 Å². The number of alkyl halides is 1. The first-order valence-electron chi connectivity index (χ1n) is 8.20. The van der Waals surface area contributed by atoms with Crippen molar-refractivity contribution in [3.05, 3.63) is 35.9 Å². The van der Waals surface area contributed by atoms with E-state index in [9.17, 15) is 4.79 Å². The summed E-state index contributed by atoms with van der Waals surface area (Å²) in [5, 5.41) is 6.32. The van der Waals surface area contributed by atoms with Crippen LogP contribution in [0.15, 0.2) is 35.4 Å². The third kappa shape index (κ3) is 1.84. The standard InChI is InChI=1S/C18H21ClN2O2/c1-17(2)13-8-9-18(17)15(10-13)23-16(22)21(18)20-14(11-19)12-6-4-3-5-7-12/h3-7,13,15H,8-11H2,1-2H3/b20-14+/t13-,15-,18-/m1/s1. The maximum absolute atomic E-state index is 12.5. The summed E-state index contributed by atoms with van der Waals surface area (Å²) in [6, 6.07) is 9.79. The van der Waals surface area contributed by atoms with Crippen molar-refractivity contribution in [1.82, 2.24) is 5.01 Å². The number of hydrogen-bond acceptors (Lipinski definition) is 3. The van der Waals surface area contributed by atoms with Crippen LogP contribution in [-0.4, -0.2) is 34.3 Å². The van der Waals surface area contributed by atoms with Crippen LogP contribution >= 0.6 is 11.6 Å². The average Bonchev–Trinajstić information content (AvgIpc) is 3.06. The van der Waals surface area contributed by atoms with Gasteiger partial charge >= 0.3 is 6.09 Å². The van der Waals surface area contributed by atoms with E-state index in [1.54, 1.807) is 5.01 Å². The fraction of sp³-hybridized carbons (Fsp3) is 0.556. The zero-order chi connectivity index (χ0) is 16.2. The van der Waals surface area contributed by atoms with Gasteiger partial charge in [0.05, 0.1) is 11.6 Å². The molecular formula is C18H21ClN2O2. The normalized spacial score (nSPS) is 34.7. The first kappa shape index (κ1) is 15.0. The smallest absolute Gasteiger partial charge is 0.431 e. The van der Waals surface area contributed by atoms with E-state index in [0.717, 1.165) is 24.8 Å². The van der Waals surface area contributed by atoms with E-state index in [1.807, 2.05) is 30.3 Å². The van der Waals surface area contributed by atoms with Gasteiger partial charge in [-0.2, -0.15) is 10.1 Å². The van der Waals surface area contributed by atoms with Gasteiger partial charge in [-0.05, 0) is 36.2 Å². The molecule has 2 saturated carbocycles. The van der Waals surface area contributed by atoms with E-state index in [2.05, 4.69) is 13.8 Å². The fourth-order valence-electron chi connectivity index (χ4n) is 4.91. The van der Waals surface area contributed by atoms with Crippen molar-refractivity contribution in [2.45, 2.75) is 44.8 Å². The molecule has 0 unspecified atom stereocenters. The number of hydrogen-bond donors (Lipinski definition) is 0. The minimum Gasteiger partial charge on any atom is -0.442 e. The molecule has 2 bridgehead atoms. The molecule has 1 spiro atoms. The highest BCUT2D eigenvalue weighted by Gasteiger charge is 2.73. The molecule has 0 aromatic heterocycles. The lowest BCUT2D eigenvalue weighted by molar-refractivity contribution is 0.0571. The Hall–Kier alpha value is -1.55. The number of hydrazone groups is 1. The van der Waals surface area contributed by atoms with Crippen molar-refractivity contribution in [1.29, 1.82) is 0 Å². The summed E-state index contributed by atoms with van der Waals surface area (Å²) in [5.41, 5.74) is 1.35. The maximum Gasteiger partial charge on any atom is 0.431 e. The molecule has 3 fully saturated rings. The molecule has 4 nitrogen and oxygen atoms in total. The Morgan fingerprint density at radius 1 is 1.39 bits per heavy atom. The number of benzene rings is 1. The second kappa shape index (κ2) is 4.97. The molecule has 1 saturated heterocycles. The Morgan fingerprint density at radius 2 is 2.13 bits per heavy atom. The maximum atomic E-state index is 12.5. The van der Waals surface area contributed by atoms with Crippen LogP contribution in [0, 0.1) is 11.3 Å². The summed E-state index contributed by atoms with van der Waals surface area (Å²) in [7, 11) is 0. The Kier molecular flexibility index (Phi) is 3.24. The number of ether oxygens (including phenoxy) is 1. The van der Waals surface area contributed by atoms with Gasteiger partial charge < -0.3 is 4.74 Å². The summed E-state index contributed by atoms with van der Waals surface area (Å²) in [6.07, 6.45) is 2.66. The number of carbonyl (C=O) groups is 1. The zero-order valence-electron chi connectivity index (χ0n) is 13.5. The van der Waals surface area contributed by atoms with Crippen LogP contribution in [0.2, 0.25) is 0 Å². The van der Waals surface area contributed by atoms with Crippen LogP contribution in [0.1, 0.15) is 38.7 Å². The van der Waals surface area contributed by atoms with Gasteiger partial charge in [-0.25, -0.2) is 4.79 Å². The van der Waals surface area contributed by atoms with Crippen molar-refractivity contribution in [3.63, 3.8) is 0 Å². The quantitative estimate of drug-likeness (QED) is 0.619. The molecule has 3 aliphatic rings. The van der Waals surface area contributed by atoms with Crippen molar-refractivity contribution >= 4 is 23.4 Å². The number of halogens is 1. The van der Waals surface area contributed by atoms with Crippen LogP contribution in [-0.2, 0) is 4.74 Å². The average molecular weight is 333 g/mol. The first-order chi connectivity index (χ1) is 11.0. The van der Waals surface area contributed by atoms with Gasteiger partial charge in [0.2, 0.25) is 0 Å². The lowest BCUT2D eigenvalue weighted by Gasteiger charge is -2.39. The monoisotopic (exact) mass is 332 g/mol. The highest BCUT2D eigenvalue weighted by atomic mass is 35.5. The molecule has 4 rings (SSSR count). The summed E-state index contributed by atoms with van der Waals surface area (Å²) in [4.78, 5) is 12.5. The molecule has 1 heterocycles. The Labute approximate surface area is 141 Å². The SMILES string of the molecule is CC1(C)[C@@H]2CC[C@@]13[C@@H](C2)OC(=O)N3/N=C(\CCl)c1ccccc1. The summed E-state index contributed by atoms with van der Waals surface area (Å²) in [6.45, 7) is 4.50. The topological polar surface area (TPSA) is 41.9 Å². The second-order valence-electron chi connectivity index (χ2n) is 7.35. The molecule has 1 aromatic carbocycles. The third-order valence-electron chi connectivity index (χ3n) is 6.29. The van der Waals surface area contributed by atoms with Crippen LogP contribution in [0.25, 0.3) is 0 Å². The van der Waals surface area contributed by atoms with Crippen molar-refractivity contribution in [2.75, 3.05) is 5.88 Å². The number of amides is 1. The van der Waals surface area contributed by atoms with Gasteiger partial charge in [0.15, 0.2) is 0 Å². The highest BCUT2D eigenvalue weighted by Crippen LogP contribution is 2.65. The molecule has 122 valence electrons. The Morgan fingerprint density at radius 3 is 2.78 bits per heavy atom. The summed E-state index contributed by atoms with van der Waals surface area (Å²) >= 11 is 6.13. The number of carbonyl (C=O) groups excluding carboxylic acids is 1. The van der Waals surface area contributed by atoms with Crippen LogP contribution in [0.4, 0.5) is 4.79 Å². The van der Waals surface area contributed by atoms with Crippen molar-refractivity contribution in [3.8, 4) is 0 Å². The Balaban J connectivity index is 1.78. The molecule has 3 atom stereocenters. The number of fused-ring (bicyclic) bond motifs is 1. The molecule has 1 aromatic rings. The van der Waals surface area contributed by atoms with Gasteiger partial charge in [0.25, 0.3) is 0 Å². The van der Waals surface area contributed by atoms with E-state index >= 15 is 0 Å². The van der Waals surface area contributed by atoms with Gasteiger partial charge in [-0.15, -0.1) is 11.6 Å². The van der Waals surface area contributed by atoms with Crippen LogP contribution in [0.3, 0.4) is 0 Å².